The zero-order valence-corrected chi connectivity index (χ0v) is 8.56. The average Bonchev–Trinajstić information content (AvgIpc) is 2.58. The summed E-state index contributed by atoms with van der Waals surface area (Å²) in [6.07, 6.45) is 7.67. The molecule has 0 fully saturated rings. The summed E-state index contributed by atoms with van der Waals surface area (Å²) < 4.78 is 0. The van der Waals surface area contributed by atoms with Gasteiger partial charge in [0.2, 0.25) is 0 Å². The molecule has 2 unspecified atom stereocenters. The molecule has 1 aliphatic carbocycles. The molecule has 70 valence electrons. The Hall–Kier alpha value is -0.300. The lowest BCUT2D eigenvalue weighted by Gasteiger charge is -2.23. The largest absolute Gasteiger partial charge is 0.313 e. The molecule has 0 radical (unpaired) electrons. The zero-order chi connectivity index (χ0) is 8.97. The van der Waals surface area contributed by atoms with Gasteiger partial charge in [0.05, 0.1) is 0 Å². The predicted molar refractivity (Wildman–Crippen MR) is 54.2 cm³/mol. The van der Waals surface area contributed by atoms with Gasteiger partial charge < -0.3 is 5.32 Å². The molecule has 0 spiro atoms. The molecule has 0 heterocycles. The van der Waals surface area contributed by atoms with Crippen molar-refractivity contribution in [2.75, 3.05) is 7.05 Å². The fourth-order valence-electron chi connectivity index (χ4n) is 2.05. The highest BCUT2D eigenvalue weighted by molar-refractivity contribution is 5.15. The lowest BCUT2D eigenvalue weighted by atomic mass is 9.92. The molecular weight excluding hydrogens is 146 g/mol. The van der Waals surface area contributed by atoms with Crippen LogP contribution in [0.4, 0.5) is 0 Å². The summed E-state index contributed by atoms with van der Waals surface area (Å²) in [7, 11) is 2.08. The van der Waals surface area contributed by atoms with Gasteiger partial charge >= 0.3 is 0 Å². The van der Waals surface area contributed by atoms with E-state index in [4.69, 9.17) is 0 Å². The molecule has 0 saturated carbocycles. The monoisotopic (exact) mass is 167 g/mol. The number of rotatable bonds is 4. The molecule has 0 aliphatic heterocycles. The van der Waals surface area contributed by atoms with Gasteiger partial charge in [0, 0.05) is 6.04 Å². The van der Waals surface area contributed by atoms with Crippen LogP contribution in [0, 0.1) is 5.92 Å². The Morgan fingerprint density at radius 1 is 1.58 bits per heavy atom. The van der Waals surface area contributed by atoms with E-state index in [9.17, 15) is 0 Å². The second-order valence-corrected chi connectivity index (χ2v) is 3.82. The Bertz CT molecular complexity index is 160. The molecule has 0 aromatic rings. The van der Waals surface area contributed by atoms with Crippen molar-refractivity contribution in [1.29, 1.82) is 0 Å². The average molecular weight is 167 g/mol. The fraction of sp³-hybridized carbons (Fsp3) is 0.818. The highest BCUT2D eigenvalue weighted by atomic mass is 14.9. The molecule has 2 atom stereocenters. The zero-order valence-electron chi connectivity index (χ0n) is 8.56. The number of allylic oxidation sites excluding steroid dienone is 1. The van der Waals surface area contributed by atoms with Crippen LogP contribution in [0.3, 0.4) is 0 Å². The van der Waals surface area contributed by atoms with Gasteiger partial charge in [-0.15, -0.1) is 0 Å². The van der Waals surface area contributed by atoms with Crippen molar-refractivity contribution < 1.29 is 0 Å². The minimum atomic E-state index is 0.637. The van der Waals surface area contributed by atoms with Crippen molar-refractivity contribution in [1.82, 2.24) is 5.32 Å². The van der Waals surface area contributed by atoms with E-state index >= 15 is 0 Å². The van der Waals surface area contributed by atoms with Crippen LogP contribution in [0.15, 0.2) is 11.6 Å². The number of nitrogens with one attached hydrogen (secondary N) is 1. The number of hydrogen-bond acceptors (Lipinski definition) is 1. The first-order chi connectivity index (χ1) is 5.79. The minimum Gasteiger partial charge on any atom is -0.313 e. The molecule has 0 saturated heterocycles. The van der Waals surface area contributed by atoms with Crippen molar-refractivity contribution in [3.05, 3.63) is 11.6 Å². The maximum atomic E-state index is 3.43. The SMILES string of the molecule is CCC(C)C(NC)C1=CCCC1. The first-order valence-electron chi connectivity index (χ1n) is 5.15. The minimum absolute atomic E-state index is 0.637. The van der Waals surface area contributed by atoms with Crippen LogP contribution < -0.4 is 5.32 Å². The van der Waals surface area contributed by atoms with Gasteiger partial charge in [0.25, 0.3) is 0 Å². The molecule has 1 N–H and O–H groups in total. The lowest BCUT2D eigenvalue weighted by molar-refractivity contribution is 0.426. The molecule has 12 heavy (non-hydrogen) atoms. The van der Waals surface area contributed by atoms with Crippen molar-refractivity contribution in [2.45, 2.75) is 45.6 Å². The van der Waals surface area contributed by atoms with E-state index in [1.54, 1.807) is 5.57 Å². The maximum absolute atomic E-state index is 3.43. The third kappa shape index (κ3) is 2.10. The summed E-state index contributed by atoms with van der Waals surface area (Å²) in [5, 5.41) is 3.43. The van der Waals surface area contributed by atoms with Crippen LogP contribution in [-0.4, -0.2) is 13.1 Å². The Balaban J connectivity index is 2.54. The van der Waals surface area contributed by atoms with E-state index in [0.29, 0.717) is 6.04 Å². The van der Waals surface area contributed by atoms with E-state index < -0.39 is 0 Å². The van der Waals surface area contributed by atoms with Crippen LogP contribution in [-0.2, 0) is 0 Å². The number of likely N-dealkylation sites (N-methyl/N-ethyl adjacent to an activating group) is 1. The molecule has 1 aliphatic rings. The molecule has 1 heteroatoms. The van der Waals surface area contributed by atoms with Crippen LogP contribution in [0.1, 0.15) is 39.5 Å². The van der Waals surface area contributed by atoms with Gasteiger partial charge in [-0.3, -0.25) is 0 Å². The van der Waals surface area contributed by atoms with Gasteiger partial charge in [0.1, 0.15) is 0 Å². The molecule has 0 aromatic carbocycles. The number of hydrogen-bond donors (Lipinski definition) is 1. The third-order valence-corrected chi connectivity index (χ3v) is 3.00. The molecule has 0 aromatic heterocycles. The first kappa shape index (κ1) is 9.79. The van der Waals surface area contributed by atoms with E-state index in [-0.39, 0.29) is 0 Å². The summed E-state index contributed by atoms with van der Waals surface area (Å²) in [6.45, 7) is 4.60. The smallest absolute Gasteiger partial charge is 0.0302 e. The van der Waals surface area contributed by atoms with Crippen molar-refractivity contribution in [2.24, 2.45) is 5.92 Å². The van der Waals surface area contributed by atoms with Crippen LogP contribution >= 0.6 is 0 Å². The van der Waals surface area contributed by atoms with Crippen LogP contribution in [0.25, 0.3) is 0 Å². The second-order valence-electron chi connectivity index (χ2n) is 3.82. The summed E-state index contributed by atoms with van der Waals surface area (Å²) >= 11 is 0. The normalized spacial score (nSPS) is 22.1. The van der Waals surface area contributed by atoms with Crippen molar-refractivity contribution >= 4 is 0 Å². The van der Waals surface area contributed by atoms with E-state index in [1.165, 1.54) is 25.7 Å². The Kier molecular flexibility index (Phi) is 3.80. The molecule has 1 rings (SSSR count). The summed E-state index contributed by atoms with van der Waals surface area (Å²) in [5.41, 5.74) is 1.65. The molecule has 0 amide bonds. The Labute approximate surface area is 76.2 Å². The molecule has 0 bridgehead atoms. The topological polar surface area (TPSA) is 12.0 Å². The molecule has 1 nitrogen and oxygen atoms in total. The quantitative estimate of drug-likeness (QED) is 0.635. The van der Waals surface area contributed by atoms with Crippen molar-refractivity contribution in [3.63, 3.8) is 0 Å². The summed E-state index contributed by atoms with van der Waals surface area (Å²) in [5.74, 6) is 0.777. The fourth-order valence-corrected chi connectivity index (χ4v) is 2.05. The Morgan fingerprint density at radius 2 is 2.33 bits per heavy atom. The predicted octanol–water partition coefficient (Wildman–Crippen LogP) is 2.73. The highest BCUT2D eigenvalue weighted by Gasteiger charge is 2.19. The van der Waals surface area contributed by atoms with Crippen molar-refractivity contribution in [3.8, 4) is 0 Å². The van der Waals surface area contributed by atoms with Crippen LogP contribution in [0.2, 0.25) is 0 Å². The second kappa shape index (κ2) is 4.66. The lowest BCUT2D eigenvalue weighted by Crippen LogP contribution is -2.33. The van der Waals surface area contributed by atoms with Gasteiger partial charge in [-0.05, 0) is 32.2 Å². The summed E-state index contributed by atoms with van der Waals surface area (Å²) in [6, 6.07) is 0.637. The van der Waals surface area contributed by atoms with E-state index in [2.05, 4.69) is 32.3 Å². The van der Waals surface area contributed by atoms with E-state index in [0.717, 1.165) is 5.92 Å². The first-order valence-corrected chi connectivity index (χ1v) is 5.15. The van der Waals surface area contributed by atoms with Gasteiger partial charge in [-0.1, -0.05) is 31.9 Å². The molecular formula is C11H21N. The third-order valence-electron chi connectivity index (χ3n) is 3.00. The van der Waals surface area contributed by atoms with Gasteiger partial charge in [-0.2, -0.15) is 0 Å². The standard InChI is InChI=1S/C11H21N/c1-4-9(2)11(12-3)10-7-5-6-8-10/h7,9,11-12H,4-6,8H2,1-3H3. The van der Waals surface area contributed by atoms with Gasteiger partial charge in [0.15, 0.2) is 0 Å². The highest BCUT2D eigenvalue weighted by Crippen LogP contribution is 2.25. The maximum Gasteiger partial charge on any atom is 0.0302 e. The van der Waals surface area contributed by atoms with E-state index in [1.807, 2.05) is 0 Å². The van der Waals surface area contributed by atoms with Gasteiger partial charge in [-0.25, -0.2) is 0 Å². The Morgan fingerprint density at radius 3 is 2.75 bits per heavy atom. The van der Waals surface area contributed by atoms with Crippen LogP contribution in [0.5, 0.6) is 0 Å². The summed E-state index contributed by atoms with van der Waals surface area (Å²) in [4.78, 5) is 0.